The third-order valence-electron chi connectivity index (χ3n) is 4.99. The Balaban J connectivity index is 1.92. The Bertz CT molecular complexity index is 464. The summed E-state index contributed by atoms with van der Waals surface area (Å²) < 4.78 is 0. The number of carboxylic acids is 1. The Morgan fingerprint density at radius 2 is 1.52 bits per heavy atom. The van der Waals surface area contributed by atoms with Crippen LogP contribution in [0, 0.1) is 17.8 Å². The van der Waals surface area contributed by atoms with Crippen LogP contribution in [0.5, 0.6) is 0 Å². The van der Waals surface area contributed by atoms with Crippen molar-refractivity contribution in [3.8, 4) is 0 Å². The monoisotopic (exact) mass is 324 g/mol. The fraction of sp³-hybridized carbons (Fsp3) is 0.824. The molecule has 0 aromatic rings. The van der Waals surface area contributed by atoms with Crippen molar-refractivity contribution < 1.29 is 19.5 Å². The lowest BCUT2D eigenvalue weighted by atomic mass is 9.80. The van der Waals surface area contributed by atoms with Gasteiger partial charge in [-0.25, -0.2) is 0 Å². The fourth-order valence-electron chi connectivity index (χ4n) is 3.62. The van der Waals surface area contributed by atoms with Gasteiger partial charge in [0.15, 0.2) is 0 Å². The molecule has 1 heterocycles. The van der Waals surface area contributed by atoms with Crippen molar-refractivity contribution in [3.63, 3.8) is 0 Å². The summed E-state index contributed by atoms with van der Waals surface area (Å²) in [4.78, 5) is 39.7. The zero-order chi connectivity index (χ0) is 17.0. The molecule has 2 amide bonds. The topological polar surface area (TPSA) is 77.9 Å². The van der Waals surface area contributed by atoms with Crippen LogP contribution in [-0.4, -0.2) is 58.9 Å². The Labute approximate surface area is 137 Å². The number of nitrogens with zero attached hydrogens (tertiary/aromatic N) is 2. The molecule has 0 bridgehead atoms. The molecule has 1 aliphatic heterocycles. The number of aliphatic carboxylic acids is 1. The number of rotatable bonds is 3. The minimum Gasteiger partial charge on any atom is -0.481 e. The minimum absolute atomic E-state index is 0.0214. The molecule has 130 valence electrons. The molecule has 2 rings (SSSR count). The van der Waals surface area contributed by atoms with Gasteiger partial charge in [-0.2, -0.15) is 0 Å². The molecular formula is C17H28N2O4. The number of hydrogen-bond acceptors (Lipinski definition) is 3. The van der Waals surface area contributed by atoms with Crippen LogP contribution in [0.2, 0.25) is 0 Å². The van der Waals surface area contributed by atoms with Crippen LogP contribution in [0.1, 0.15) is 46.0 Å². The molecule has 0 aromatic carbocycles. The second-order valence-electron chi connectivity index (χ2n) is 7.06. The van der Waals surface area contributed by atoms with Crippen LogP contribution in [-0.2, 0) is 14.4 Å². The van der Waals surface area contributed by atoms with Gasteiger partial charge in [0.05, 0.1) is 5.92 Å². The average molecular weight is 324 g/mol. The Morgan fingerprint density at radius 1 is 0.913 bits per heavy atom. The largest absolute Gasteiger partial charge is 0.481 e. The zero-order valence-electron chi connectivity index (χ0n) is 14.2. The highest BCUT2D eigenvalue weighted by atomic mass is 16.4. The van der Waals surface area contributed by atoms with Gasteiger partial charge in [0.2, 0.25) is 11.8 Å². The highest BCUT2D eigenvalue weighted by Gasteiger charge is 2.34. The van der Waals surface area contributed by atoms with E-state index in [1.807, 2.05) is 23.6 Å². The average Bonchev–Trinajstić information content (AvgIpc) is 2.79. The predicted molar refractivity (Wildman–Crippen MR) is 85.7 cm³/mol. The molecule has 1 N–H and O–H groups in total. The van der Waals surface area contributed by atoms with Crippen molar-refractivity contribution in [1.82, 2.24) is 9.80 Å². The smallest absolute Gasteiger partial charge is 0.306 e. The molecule has 0 radical (unpaired) electrons. The van der Waals surface area contributed by atoms with Gasteiger partial charge in [0.1, 0.15) is 0 Å². The van der Waals surface area contributed by atoms with E-state index in [-0.39, 0.29) is 29.6 Å². The predicted octanol–water partition coefficient (Wildman–Crippen LogP) is 1.59. The lowest BCUT2D eigenvalue weighted by Gasteiger charge is -2.31. The van der Waals surface area contributed by atoms with Gasteiger partial charge in [0, 0.05) is 38.0 Å². The van der Waals surface area contributed by atoms with Crippen molar-refractivity contribution in [2.75, 3.05) is 26.2 Å². The van der Waals surface area contributed by atoms with Crippen LogP contribution in [0.4, 0.5) is 0 Å². The van der Waals surface area contributed by atoms with Gasteiger partial charge in [-0.3, -0.25) is 14.4 Å². The molecule has 2 atom stereocenters. The molecular weight excluding hydrogens is 296 g/mol. The van der Waals surface area contributed by atoms with Crippen molar-refractivity contribution in [3.05, 3.63) is 0 Å². The third-order valence-corrected chi connectivity index (χ3v) is 4.99. The van der Waals surface area contributed by atoms with Crippen LogP contribution >= 0.6 is 0 Å². The first-order chi connectivity index (χ1) is 10.9. The standard InChI is InChI=1S/C17H28N2O4/c1-12(2)15(20)18-7-4-8-19(10-9-18)16(21)13-5-3-6-14(11-13)17(22)23/h12-14H,3-11H2,1-2H3,(H,22,23). The summed E-state index contributed by atoms with van der Waals surface area (Å²) in [5.41, 5.74) is 0. The number of carbonyl (C=O) groups is 3. The normalized spacial score (nSPS) is 26.0. The Morgan fingerprint density at radius 3 is 2.17 bits per heavy atom. The van der Waals surface area contributed by atoms with Crippen molar-refractivity contribution in [1.29, 1.82) is 0 Å². The van der Waals surface area contributed by atoms with Crippen LogP contribution < -0.4 is 0 Å². The van der Waals surface area contributed by atoms with Crippen LogP contribution in [0.3, 0.4) is 0 Å². The maximum absolute atomic E-state index is 12.7. The fourth-order valence-corrected chi connectivity index (χ4v) is 3.62. The molecule has 1 aliphatic carbocycles. The number of amides is 2. The zero-order valence-corrected chi connectivity index (χ0v) is 14.2. The van der Waals surface area contributed by atoms with Crippen molar-refractivity contribution in [2.45, 2.75) is 46.0 Å². The maximum Gasteiger partial charge on any atom is 0.306 e. The lowest BCUT2D eigenvalue weighted by molar-refractivity contribution is -0.145. The molecule has 2 aliphatic rings. The van der Waals surface area contributed by atoms with E-state index in [0.29, 0.717) is 39.0 Å². The van der Waals surface area contributed by atoms with E-state index in [4.69, 9.17) is 0 Å². The molecule has 1 saturated carbocycles. The minimum atomic E-state index is -0.785. The summed E-state index contributed by atoms with van der Waals surface area (Å²) in [5.74, 6) is -1.14. The van der Waals surface area contributed by atoms with Crippen molar-refractivity contribution in [2.24, 2.45) is 17.8 Å². The van der Waals surface area contributed by atoms with Gasteiger partial charge < -0.3 is 14.9 Å². The number of hydrogen-bond donors (Lipinski definition) is 1. The molecule has 2 unspecified atom stereocenters. The van der Waals surface area contributed by atoms with Crippen LogP contribution in [0.15, 0.2) is 0 Å². The highest BCUT2D eigenvalue weighted by Crippen LogP contribution is 2.30. The second-order valence-corrected chi connectivity index (χ2v) is 7.06. The van der Waals surface area contributed by atoms with E-state index in [1.165, 1.54) is 0 Å². The van der Waals surface area contributed by atoms with Crippen molar-refractivity contribution >= 4 is 17.8 Å². The summed E-state index contributed by atoms with van der Waals surface area (Å²) in [5, 5.41) is 9.17. The molecule has 2 fully saturated rings. The third kappa shape index (κ3) is 4.45. The van der Waals surface area contributed by atoms with Crippen LogP contribution in [0.25, 0.3) is 0 Å². The van der Waals surface area contributed by atoms with E-state index >= 15 is 0 Å². The maximum atomic E-state index is 12.7. The van der Waals surface area contributed by atoms with E-state index in [1.54, 1.807) is 0 Å². The SMILES string of the molecule is CC(C)C(=O)N1CCCN(C(=O)C2CCCC(C(=O)O)C2)CC1. The quantitative estimate of drug-likeness (QED) is 0.855. The van der Waals surface area contributed by atoms with E-state index in [9.17, 15) is 19.5 Å². The van der Waals surface area contributed by atoms with Gasteiger partial charge in [-0.15, -0.1) is 0 Å². The first kappa shape index (κ1) is 17.8. The Hall–Kier alpha value is -1.59. The Kier molecular flexibility index (Phi) is 6.02. The second kappa shape index (κ2) is 7.79. The number of carboxylic acid groups (broad SMARTS) is 1. The molecule has 6 nitrogen and oxygen atoms in total. The first-order valence-corrected chi connectivity index (χ1v) is 8.70. The van der Waals surface area contributed by atoms with E-state index in [0.717, 1.165) is 19.3 Å². The highest BCUT2D eigenvalue weighted by molar-refractivity contribution is 5.81. The molecule has 6 heteroatoms. The van der Waals surface area contributed by atoms with E-state index in [2.05, 4.69) is 0 Å². The summed E-state index contributed by atoms with van der Waals surface area (Å²) in [6, 6.07) is 0. The first-order valence-electron chi connectivity index (χ1n) is 8.70. The van der Waals surface area contributed by atoms with Gasteiger partial charge in [0.25, 0.3) is 0 Å². The molecule has 1 saturated heterocycles. The van der Waals surface area contributed by atoms with E-state index < -0.39 is 5.97 Å². The number of carbonyl (C=O) groups excluding carboxylic acids is 2. The van der Waals surface area contributed by atoms with Gasteiger partial charge in [-0.05, 0) is 25.7 Å². The molecule has 23 heavy (non-hydrogen) atoms. The summed E-state index contributed by atoms with van der Waals surface area (Å²) in [6.07, 6.45) is 3.52. The lowest BCUT2D eigenvalue weighted by Crippen LogP contribution is -2.42. The molecule has 0 aromatic heterocycles. The van der Waals surface area contributed by atoms with Gasteiger partial charge in [-0.1, -0.05) is 20.3 Å². The summed E-state index contributed by atoms with van der Waals surface area (Å²) in [7, 11) is 0. The summed E-state index contributed by atoms with van der Waals surface area (Å²) in [6.45, 7) is 6.29. The summed E-state index contributed by atoms with van der Waals surface area (Å²) >= 11 is 0. The molecule has 0 spiro atoms. The van der Waals surface area contributed by atoms with Gasteiger partial charge >= 0.3 is 5.97 Å².